The predicted octanol–water partition coefficient (Wildman–Crippen LogP) is 3.09. The van der Waals surface area contributed by atoms with Gasteiger partial charge in [0.2, 0.25) is 0 Å². The van der Waals surface area contributed by atoms with Crippen LogP contribution in [-0.2, 0) is 13.0 Å². The van der Waals surface area contributed by atoms with Crippen LogP contribution in [0.1, 0.15) is 51.6 Å². The zero-order chi connectivity index (χ0) is 13.9. The summed E-state index contributed by atoms with van der Waals surface area (Å²) in [5.74, 6) is 0.642. The molecular weight excluding hydrogens is 222 g/mol. The molecule has 0 amide bonds. The van der Waals surface area contributed by atoms with Crippen molar-refractivity contribution in [3.05, 3.63) is 17.0 Å². The monoisotopic (exact) mass is 251 g/mol. The Kier molecular flexibility index (Phi) is 4.97. The number of nitrogens with zero attached hydrogens (tertiary/aromatic N) is 2. The summed E-state index contributed by atoms with van der Waals surface area (Å²) in [5, 5.41) is 8.19. The molecule has 1 aromatic rings. The largest absolute Gasteiger partial charge is 0.312 e. The van der Waals surface area contributed by atoms with Crippen LogP contribution in [0.15, 0.2) is 0 Å². The molecule has 1 rings (SSSR count). The molecule has 0 bridgehead atoms. The maximum Gasteiger partial charge on any atom is 0.0628 e. The van der Waals surface area contributed by atoms with Crippen LogP contribution in [0.2, 0.25) is 0 Å². The first-order chi connectivity index (χ1) is 8.20. The van der Waals surface area contributed by atoms with Gasteiger partial charge in [0.25, 0.3) is 0 Å². The molecule has 0 saturated carbocycles. The molecule has 3 heteroatoms. The average molecular weight is 251 g/mol. The van der Waals surface area contributed by atoms with Crippen LogP contribution in [0.4, 0.5) is 0 Å². The third-order valence-corrected chi connectivity index (χ3v) is 3.10. The quantitative estimate of drug-likeness (QED) is 0.871. The molecule has 0 aliphatic carbocycles. The molecule has 0 fully saturated rings. The lowest BCUT2D eigenvalue weighted by Crippen LogP contribution is -2.37. The fourth-order valence-electron chi connectivity index (χ4n) is 2.18. The number of nitrogens with one attached hydrogen (secondary N) is 1. The molecule has 0 unspecified atom stereocenters. The molecule has 0 saturated heterocycles. The van der Waals surface area contributed by atoms with Gasteiger partial charge in [0.1, 0.15) is 0 Å². The first-order valence-corrected chi connectivity index (χ1v) is 6.98. The van der Waals surface area contributed by atoms with Gasteiger partial charge >= 0.3 is 0 Å². The molecule has 18 heavy (non-hydrogen) atoms. The normalized spacial score (nSPS) is 12.4. The summed E-state index contributed by atoms with van der Waals surface area (Å²) < 4.78 is 2.16. The van der Waals surface area contributed by atoms with E-state index < -0.39 is 0 Å². The minimum absolute atomic E-state index is 0.190. The van der Waals surface area contributed by atoms with E-state index in [1.165, 1.54) is 17.0 Å². The molecule has 0 aromatic carbocycles. The van der Waals surface area contributed by atoms with Crippen LogP contribution in [0, 0.1) is 19.8 Å². The third-order valence-electron chi connectivity index (χ3n) is 3.10. The molecule has 0 atom stereocenters. The van der Waals surface area contributed by atoms with Crippen molar-refractivity contribution in [2.24, 2.45) is 5.92 Å². The molecule has 0 aliphatic heterocycles. The van der Waals surface area contributed by atoms with Crippen LogP contribution in [-0.4, -0.2) is 21.9 Å². The van der Waals surface area contributed by atoms with Crippen molar-refractivity contribution in [1.82, 2.24) is 15.1 Å². The smallest absolute Gasteiger partial charge is 0.0628 e. The highest BCUT2D eigenvalue weighted by atomic mass is 15.3. The summed E-state index contributed by atoms with van der Waals surface area (Å²) in [5.41, 5.74) is 4.11. The van der Waals surface area contributed by atoms with Crippen molar-refractivity contribution in [1.29, 1.82) is 0 Å². The summed E-state index contributed by atoms with van der Waals surface area (Å²) in [4.78, 5) is 0. The van der Waals surface area contributed by atoms with Gasteiger partial charge in [-0.3, -0.25) is 4.68 Å². The Hall–Kier alpha value is -0.830. The Morgan fingerprint density at radius 2 is 1.83 bits per heavy atom. The van der Waals surface area contributed by atoms with Gasteiger partial charge in [-0.15, -0.1) is 0 Å². The fourth-order valence-corrected chi connectivity index (χ4v) is 2.18. The molecule has 0 aliphatic rings. The lowest BCUT2D eigenvalue weighted by molar-refractivity contribution is 0.429. The van der Waals surface area contributed by atoms with Crippen LogP contribution in [0.3, 0.4) is 0 Å². The summed E-state index contributed by atoms with van der Waals surface area (Å²) >= 11 is 0. The van der Waals surface area contributed by atoms with E-state index in [2.05, 4.69) is 63.6 Å². The van der Waals surface area contributed by atoms with Gasteiger partial charge in [-0.1, -0.05) is 13.8 Å². The van der Waals surface area contributed by atoms with Crippen molar-refractivity contribution in [2.45, 2.75) is 67.0 Å². The third kappa shape index (κ3) is 4.45. The Bertz CT molecular complexity index is 383. The van der Waals surface area contributed by atoms with E-state index in [0.29, 0.717) is 5.92 Å². The molecule has 3 nitrogen and oxygen atoms in total. The van der Waals surface area contributed by atoms with Crippen molar-refractivity contribution < 1.29 is 0 Å². The van der Waals surface area contributed by atoms with E-state index in [0.717, 1.165) is 19.5 Å². The summed E-state index contributed by atoms with van der Waals surface area (Å²) in [6.07, 6.45) is 1.06. The topological polar surface area (TPSA) is 29.9 Å². The van der Waals surface area contributed by atoms with E-state index >= 15 is 0 Å². The SMILES string of the molecule is Cc1nn(CC(C)C)c(C)c1CCNC(C)(C)C. The maximum absolute atomic E-state index is 4.65. The number of rotatable bonds is 5. The number of hydrogen-bond acceptors (Lipinski definition) is 2. The fraction of sp³-hybridized carbons (Fsp3) is 0.800. The number of hydrogen-bond donors (Lipinski definition) is 1. The van der Waals surface area contributed by atoms with Crippen LogP contribution >= 0.6 is 0 Å². The summed E-state index contributed by atoms with van der Waals surface area (Å²) in [6.45, 7) is 17.4. The van der Waals surface area contributed by atoms with E-state index in [-0.39, 0.29) is 5.54 Å². The van der Waals surface area contributed by atoms with Crippen molar-refractivity contribution in [3.8, 4) is 0 Å². The van der Waals surface area contributed by atoms with Gasteiger partial charge in [-0.05, 0) is 59.1 Å². The standard InChI is InChI=1S/C15H29N3/c1-11(2)10-18-13(4)14(12(3)17-18)8-9-16-15(5,6)7/h11,16H,8-10H2,1-7H3. The van der Waals surface area contributed by atoms with E-state index in [4.69, 9.17) is 0 Å². The molecular formula is C15H29N3. The second kappa shape index (κ2) is 5.87. The number of aromatic nitrogens is 2. The molecule has 104 valence electrons. The predicted molar refractivity (Wildman–Crippen MR) is 78.0 cm³/mol. The Balaban J connectivity index is 2.68. The molecule has 1 aromatic heterocycles. The number of aryl methyl sites for hydroxylation is 1. The van der Waals surface area contributed by atoms with E-state index in [9.17, 15) is 0 Å². The van der Waals surface area contributed by atoms with Crippen molar-refractivity contribution in [3.63, 3.8) is 0 Å². The minimum atomic E-state index is 0.190. The molecule has 1 heterocycles. The summed E-state index contributed by atoms with van der Waals surface area (Å²) in [7, 11) is 0. The van der Waals surface area contributed by atoms with Gasteiger partial charge in [-0.2, -0.15) is 5.10 Å². The van der Waals surface area contributed by atoms with Gasteiger partial charge in [0.15, 0.2) is 0 Å². The first kappa shape index (κ1) is 15.2. The Morgan fingerprint density at radius 3 is 2.33 bits per heavy atom. The van der Waals surface area contributed by atoms with Crippen LogP contribution in [0.5, 0.6) is 0 Å². The zero-order valence-electron chi connectivity index (χ0n) is 13.1. The Morgan fingerprint density at radius 1 is 1.22 bits per heavy atom. The van der Waals surface area contributed by atoms with Gasteiger partial charge in [0, 0.05) is 17.8 Å². The van der Waals surface area contributed by atoms with Crippen molar-refractivity contribution in [2.75, 3.05) is 6.54 Å². The first-order valence-electron chi connectivity index (χ1n) is 6.98. The molecule has 1 N–H and O–H groups in total. The lowest BCUT2D eigenvalue weighted by atomic mass is 10.1. The van der Waals surface area contributed by atoms with Crippen LogP contribution in [0.25, 0.3) is 0 Å². The molecule has 0 spiro atoms. The highest BCUT2D eigenvalue weighted by Crippen LogP contribution is 2.15. The zero-order valence-corrected chi connectivity index (χ0v) is 13.1. The van der Waals surface area contributed by atoms with Gasteiger partial charge < -0.3 is 5.32 Å². The van der Waals surface area contributed by atoms with Crippen LogP contribution < -0.4 is 5.32 Å². The second-order valence-corrected chi connectivity index (χ2v) is 6.65. The highest BCUT2D eigenvalue weighted by Gasteiger charge is 2.13. The van der Waals surface area contributed by atoms with Gasteiger partial charge in [-0.25, -0.2) is 0 Å². The van der Waals surface area contributed by atoms with E-state index in [1.54, 1.807) is 0 Å². The van der Waals surface area contributed by atoms with Crippen molar-refractivity contribution >= 4 is 0 Å². The average Bonchev–Trinajstić information content (AvgIpc) is 2.42. The highest BCUT2D eigenvalue weighted by molar-refractivity contribution is 5.24. The Labute approximate surface area is 112 Å². The van der Waals surface area contributed by atoms with Gasteiger partial charge in [0.05, 0.1) is 5.69 Å². The lowest BCUT2D eigenvalue weighted by Gasteiger charge is -2.20. The second-order valence-electron chi connectivity index (χ2n) is 6.65. The maximum atomic E-state index is 4.65. The minimum Gasteiger partial charge on any atom is -0.312 e. The molecule has 0 radical (unpaired) electrons. The summed E-state index contributed by atoms with van der Waals surface area (Å²) in [6, 6.07) is 0. The van der Waals surface area contributed by atoms with E-state index in [1.807, 2.05) is 0 Å².